The number of carbonyl (C=O) groups is 10. The molecule has 0 unspecified atom stereocenters. The molecule has 0 spiro atoms. The summed E-state index contributed by atoms with van der Waals surface area (Å²) in [5.41, 5.74) is 9.02. The summed E-state index contributed by atoms with van der Waals surface area (Å²) >= 11 is 0. The van der Waals surface area contributed by atoms with Gasteiger partial charge in [0, 0.05) is 166 Å². The van der Waals surface area contributed by atoms with Crippen LogP contribution in [0.4, 0.5) is 22.7 Å². The molecular weight excluding hydrogens is 1470 g/mol. The van der Waals surface area contributed by atoms with Gasteiger partial charge in [-0.2, -0.15) is 0 Å². The summed E-state index contributed by atoms with van der Waals surface area (Å²) < 4.78 is 0. The third-order valence-corrected chi connectivity index (χ3v) is 17.6. The molecule has 30 heteroatoms. The highest BCUT2D eigenvalue weighted by Crippen LogP contribution is 2.26. The van der Waals surface area contributed by atoms with Crippen LogP contribution in [0.15, 0.2) is 170 Å². The van der Waals surface area contributed by atoms with Crippen LogP contribution in [0.1, 0.15) is 51.9 Å². The smallest absolute Gasteiger partial charge is 0.317 e. The van der Waals surface area contributed by atoms with E-state index in [-0.39, 0.29) is 86.0 Å². The first-order valence-corrected chi connectivity index (χ1v) is 35.6. The van der Waals surface area contributed by atoms with Gasteiger partial charge in [0.15, 0.2) is 0 Å². The first-order chi connectivity index (χ1) is 54.9. The van der Waals surface area contributed by atoms with Crippen molar-refractivity contribution in [1.29, 1.82) is 0 Å². The van der Waals surface area contributed by atoms with E-state index in [1.165, 1.54) is 29.4 Å². The molecule has 0 saturated heterocycles. The standard InChI is InChI=1S/C84H74N14O16.CH4/c99-71-45-95(51-77(107)108)33-29-93(49-75(103)104)30-34-96(52-78(109)110)46-72(100)91-69-25-13-57(14-26-69)3-7-61-39-65-19-20-66-40-62(44-88-84(66)83(65)87-43-61)8-4-58-15-27-70(28-16-58)92-74(102)48-98(54-80(113)114)36-32-94(50-76(105)106)31-35-97(53-79(111)112)47-73(101)90-68-23-11-56(12-24-68)2-6-60-38-64-18-17-63-37-59(41-85-81(63)82(64)86-42-60)5-1-55-9-21-67(89-71)22-10-55;/h9-28,37-44H,29-36,45-54H2,(H,89,99)(H,90,101)(H,91,100)(H,92,102)(H,103,104)(H,105,106)(H,107,108)(H,109,110)(H,111,112)(H,113,114);1H4. The minimum atomic E-state index is -1.23. The van der Waals surface area contributed by atoms with Gasteiger partial charge in [-0.1, -0.05) is 79.1 Å². The minimum Gasteiger partial charge on any atom is -0.480 e. The number of carbonyl (C=O) groups excluding carboxylic acids is 4. The highest BCUT2D eigenvalue weighted by atomic mass is 16.4. The van der Waals surface area contributed by atoms with E-state index in [9.17, 15) is 78.6 Å². The zero-order chi connectivity index (χ0) is 80.6. The van der Waals surface area contributed by atoms with Crippen LogP contribution >= 0.6 is 0 Å². The molecule has 0 radical (unpaired) electrons. The van der Waals surface area contributed by atoms with Crippen LogP contribution in [0.5, 0.6) is 0 Å². The highest BCUT2D eigenvalue weighted by molar-refractivity contribution is 6.04. The van der Waals surface area contributed by atoms with E-state index in [0.29, 0.717) is 89.3 Å². The Morgan fingerprint density at radius 1 is 0.270 bits per heavy atom. The van der Waals surface area contributed by atoms with Crippen molar-refractivity contribution in [2.45, 2.75) is 7.43 Å². The maximum Gasteiger partial charge on any atom is 0.317 e. The molecule has 20 bridgehead atoms. The summed E-state index contributed by atoms with van der Waals surface area (Å²) in [6, 6.07) is 41.7. The van der Waals surface area contributed by atoms with Gasteiger partial charge in [0.25, 0.3) is 0 Å². The number of benzene rings is 6. The number of carboxylic acid groups (broad SMARTS) is 6. The third kappa shape index (κ3) is 25.9. The van der Waals surface area contributed by atoms with Gasteiger partial charge >= 0.3 is 35.8 Å². The average molecular weight is 1550 g/mol. The van der Waals surface area contributed by atoms with Crippen molar-refractivity contribution in [3.63, 3.8) is 0 Å². The number of nitrogens with zero attached hydrogens (tertiary/aromatic N) is 10. The SMILES string of the molecule is C.O=C(O)CN1CCN(CC(=O)O)CC(=O)Nc2ccc(cc2)C#Cc2cnc3c(ccc4cc(cnc43)C#Cc3ccc(cc3)NC(=O)CN(CC(=O)O)CCN(CC(=O)O)CCN(CC(=O)O)CC(=O)Nc3ccc(cc3)C#Cc3cnc4c(ccc5cc(cnc54)C#Cc4ccc(cc4)NC(=O)CN(CC(=O)O)CC1)c3)c2. The van der Waals surface area contributed by atoms with Gasteiger partial charge in [-0.25, -0.2) is 0 Å². The zero-order valence-corrected chi connectivity index (χ0v) is 61.1. The van der Waals surface area contributed by atoms with Gasteiger partial charge < -0.3 is 51.9 Å². The number of hydrogen-bond donors (Lipinski definition) is 10. The number of aliphatic carboxylic acids is 6. The average Bonchev–Trinajstić information content (AvgIpc) is 0.786. The Morgan fingerprint density at radius 2 is 0.443 bits per heavy atom. The fourth-order valence-corrected chi connectivity index (χ4v) is 12.3. The third-order valence-electron chi connectivity index (χ3n) is 17.6. The van der Waals surface area contributed by atoms with Crippen LogP contribution < -0.4 is 21.3 Å². The minimum absolute atomic E-state index is 0. The topological polar surface area (TPSA) is 411 Å². The summed E-state index contributed by atoms with van der Waals surface area (Å²) in [7, 11) is 0. The van der Waals surface area contributed by atoms with Crippen LogP contribution in [0, 0.1) is 47.4 Å². The second-order valence-electron chi connectivity index (χ2n) is 26.6. The second kappa shape index (κ2) is 40.0. The van der Waals surface area contributed by atoms with Crippen molar-refractivity contribution in [3.8, 4) is 47.4 Å². The van der Waals surface area contributed by atoms with Crippen molar-refractivity contribution in [1.82, 2.24) is 49.3 Å². The molecule has 4 amide bonds. The Balaban J connectivity index is 0.0000140. The molecule has 30 nitrogen and oxygen atoms in total. The predicted molar refractivity (Wildman–Crippen MR) is 429 cm³/mol. The lowest BCUT2D eigenvalue weighted by molar-refractivity contribution is -0.141. The lowest BCUT2D eigenvalue weighted by Crippen LogP contribution is -2.46. The number of amides is 4. The van der Waals surface area contributed by atoms with E-state index >= 15 is 0 Å². The molecule has 0 fully saturated rings. The monoisotopic (exact) mass is 1550 g/mol. The van der Waals surface area contributed by atoms with Gasteiger partial charge in [-0.15, -0.1) is 0 Å². The van der Waals surface area contributed by atoms with Crippen molar-refractivity contribution in [2.75, 3.05) is 139 Å². The van der Waals surface area contributed by atoms with E-state index in [0.717, 1.165) is 21.5 Å². The molecule has 33 rings (SSSR count). The molecule has 0 saturated carbocycles. The molecule has 27 heterocycles. The first-order valence-electron chi connectivity index (χ1n) is 35.6. The van der Waals surface area contributed by atoms with Crippen molar-refractivity contribution < 1.29 is 78.6 Å². The van der Waals surface area contributed by atoms with E-state index in [2.05, 4.69) is 68.6 Å². The Morgan fingerprint density at radius 3 is 0.635 bits per heavy atom. The number of anilines is 4. The quantitative estimate of drug-likeness (QED) is 0.0502. The van der Waals surface area contributed by atoms with Gasteiger partial charge in [0.05, 0.1) is 87.5 Å². The lowest BCUT2D eigenvalue weighted by atomic mass is 10.1. The number of rotatable bonds is 12. The zero-order valence-electron chi connectivity index (χ0n) is 61.1. The maximum atomic E-state index is 13.4. The second-order valence-corrected chi connectivity index (χ2v) is 26.6. The Bertz CT molecular complexity index is 4950. The Labute approximate surface area is 659 Å². The van der Waals surface area contributed by atoms with Crippen LogP contribution in [0.2, 0.25) is 0 Å². The van der Waals surface area contributed by atoms with E-state index in [1.807, 2.05) is 48.5 Å². The molecule has 10 aromatic rings. The normalized spacial score (nSPS) is 14.9. The largest absolute Gasteiger partial charge is 0.480 e. The molecule has 6 aromatic carbocycles. The number of pyridine rings is 4. The van der Waals surface area contributed by atoms with Gasteiger partial charge in [0.1, 0.15) is 0 Å². The van der Waals surface area contributed by atoms with Gasteiger partial charge in [-0.05, 0) is 121 Å². The summed E-state index contributed by atoms with van der Waals surface area (Å²) in [6.45, 7) is -5.14. The van der Waals surface area contributed by atoms with E-state index in [1.54, 1.807) is 122 Å². The summed E-state index contributed by atoms with van der Waals surface area (Å²) in [6.07, 6.45) is 6.51. The van der Waals surface area contributed by atoms with Crippen molar-refractivity contribution in [3.05, 3.63) is 215 Å². The van der Waals surface area contributed by atoms with Crippen LogP contribution in [0.3, 0.4) is 0 Å². The maximum absolute atomic E-state index is 13.4. The van der Waals surface area contributed by atoms with Crippen LogP contribution in [-0.2, 0) is 47.9 Å². The van der Waals surface area contributed by atoms with E-state index in [4.69, 9.17) is 19.9 Å². The number of aromatic nitrogens is 4. The van der Waals surface area contributed by atoms with Crippen LogP contribution in [0.25, 0.3) is 43.6 Å². The Hall–Kier alpha value is -14.3. The number of nitrogens with one attached hydrogen (secondary N) is 4. The highest BCUT2D eigenvalue weighted by Gasteiger charge is 2.24. The predicted octanol–water partition coefficient (Wildman–Crippen LogP) is 5.90. The summed E-state index contributed by atoms with van der Waals surface area (Å²) in [5, 5.41) is 72.9. The van der Waals surface area contributed by atoms with Crippen molar-refractivity contribution >= 4 is 126 Å². The molecule has 584 valence electrons. The number of hydrogen-bond acceptors (Lipinski definition) is 20. The Kier molecular flexibility index (Phi) is 28.9. The summed E-state index contributed by atoms with van der Waals surface area (Å²) in [5.74, 6) is 15.3. The molecular formula is C85H78N14O16. The molecule has 0 aliphatic carbocycles. The molecule has 23 aliphatic heterocycles. The summed E-state index contributed by atoms with van der Waals surface area (Å²) in [4.78, 5) is 153. The van der Waals surface area contributed by atoms with Crippen molar-refractivity contribution in [2.24, 2.45) is 0 Å². The molecule has 4 aromatic heterocycles. The fraction of sp³-hybridized carbons (Fsp3) is 0.224. The van der Waals surface area contributed by atoms with Gasteiger partial charge in [-0.3, -0.25) is 97.3 Å². The molecule has 0 atom stereocenters. The molecule has 115 heavy (non-hydrogen) atoms. The lowest BCUT2D eigenvalue weighted by Gasteiger charge is -2.28. The fourth-order valence-electron chi connectivity index (χ4n) is 12.3. The van der Waals surface area contributed by atoms with Gasteiger partial charge in [0.2, 0.25) is 23.6 Å². The van der Waals surface area contributed by atoms with E-state index < -0.39 is 98.7 Å². The van der Waals surface area contributed by atoms with Crippen LogP contribution in [-0.4, -0.2) is 257 Å². The number of carboxylic acids is 6. The molecule has 23 aliphatic rings. The molecule has 10 N–H and O–H groups in total. The first kappa shape index (κ1) is 83.1.